The first-order valence-electron chi connectivity index (χ1n) is 10.1. The highest BCUT2D eigenvalue weighted by Crippen LogP contribution is 2.43. The van der Waals surface area contributed by atoms with E-state index in [1.54, 1.807) is 18.5 Å². The molecule has 1 aromatic heterocycles. The molecule has 30 heavy (non-hydrogen) atoms. The fraction of sp³-hybridized carbons (Fsp3) is 0.455. The number of amides is 1. The number of hydrogen-bond donors (Lipinski definition) is 2. The lowest BCUT2D eigenvalue weighted by Gasteiger charge is -2.29. The van der Waals surface area contributed by atoms with Crippen molar-refractivity contribution in [1.29, 1.82) is 0 Å². The normalized spacial score (nSPS) is 19.5. The number of rotatable bonds is 4. The highest BCUT2D eigenvalue weighted by molar-refractivity contribution is 5.68. The van der Waals surface area contributed by atoms with Crippen molar-refractivity contribution in [1.82, 2.24) is 15.2 Å². The van der Waals surface area contributed by atoms with Crippen LogP contribution in [0.5, 0.6) is 17.2 Å². The number of likely N-dealkylation sites (tertiary alicyclic amines) is 1. The lowest BCUT2D eigenvalue weighted by Crippen LogP contribution is -2.41. The van der Waals surface area contributed by atoms with E-state index in [1.165, 1.54) is 0 Å². The number of benzene rings is 1. The second kappa shape index (κ2) is 8.02. The third-order valence-corrected chi connectivity index (χ3v) is 5.14. The molecule has 2 atom stereocenters. The number of phenolic OH excluding ortho intramolecular Hbond substituents is 1. The van der Waals surface area contributed by atoms with E-state index in [0.717, 1.165) is 24.1 Å². The molecule has 4 rings (SSSR count). The Hall–Kier alpha value is -3.00. The third kappa shape index (κ3) is 4.43. The molecule has 1 unspecified atom stereocenters. The van der Waals surface area contributed by atoms with Gasteiger partial charge in [-0.3, -0.25) is 9.88 Å². The molecule has 3 heterocycles. The zero-order chi connectivity index (χ0) is 21.3. The highest BCUT2D eigenvalue weighted by Gasteiger charge is 2.34. The molecule has 1 aromatic carbocycles. The van der Waals surface area contributed by atoms with E-state index in [1.807, 2.05) is 39.0 Å². The summed E-state index contributed by atoms with van der Waals surface area (Å²) in [4.78, 5) is 18.5. The van der Waals surface area contributed by atoms with Crippen molar-refractivity contribution in [3.05, 3.63) is 47.8 Å². The van der Waals surface area contributed by atoms with Crippen LogP contribution in [-0.4, -0.2) is 52.6 Å². The van der Waals surface area contributed by atoms with Crippen LogP contribution in [0, 0.1) is 0 Å². The number of phenols is 1. The van der Waals surface area contributed by atoms with Crippen LogP contribution in [0.4, 0.5) is 4.79 Å². The zero-order valence-corrected chi connectivity index (χ0v) is 17.4. The molecule has 2 aliphatic heterocycles. The van der Waals surface area contributed by atoms with Crippen molar-refractivity contribution in [2.75, 3.05) is 19.9 Å². The molecule has 1 amide bonds. The Balaban J connectivity index is 1.57. The van der Waals surface area contributed by atoms with E-state index < -0.39 is 11.7 Å². The number of fused-ring (bicyclic) bond motifs is 1. The first-order chi connectivity index (χ1) is 14.3. The average Bonchev–Trinajstić information content (AvgIpc) is 3.31. The van der Waals surface area contributed by atoms with Gasteiger partial charge >= 0.3 is 6.09 Å². The van der Waals surface area contributed by atoms with Gasteiger partial charge in [-0.1, -0.05) is 0 Å². The van der Waals surface area contributed by atoms with Gasteiger partial charge in [0.1, 0.15) is 11.4 Å². The SMILES string of the molecule is CC(C)(C)OC(=O)N[C@@H]1CCN(C(c2ccncc2)c2cc3c(cc2O)OCO3)C1. The third-order valence-electron chi connectivity index (χ3n) is 5.14. The minimum atomic E-state index is -0.541. The molecule has 1 saturated heterocycles. The number of alkyl carbamates (subject to hydrolysis) is 1. The number of nitrogens with one attached hydrogen (secondary N) is 1. The molecular formula is C22H27N3O5. The van der Waals surface area contributed by atoms with Gasteiger partial charge < -0.3 is 24.6 Å². The van der Waals surface area contributed by atoms with Crippen LogP contribution in [0.1, 0.15) is 44.4 Å². The van der Waals surface area contributed by atoms with E-state index >= 15 is 0 Å². The zero-order valence-electron chi connectivity index (χ0n) is 17.4. The summed E-state index contributed by atoms with van der Waals surface area (Å²) in [5.74, 6) is 1.30. The maximum atomic E-state index is 12.2. The molecule has 0 bridgehead atoms. The van der Waals surface area contributed by atoms with Gasteiger partial charge in [-0.2, -0.15) is 0 Å². The second-order valence-electron chi connectivity index (χ2n) is 8.57. The molecule has 0 aliphatic carbocycles. The molecule has 0 radical (unpaired) electrons. The number of nitrogens with zero attached hydrogens (tertiary/aromatic N) is 2. The van der Waals surface area contributed by atoms with E-state index in [4.69, 9.17) is 14.2 Å². The number of aromatic nitrogens is 1. The Morgan fingerprint density at radius 1 is 1.27 bits per heavy atom. The van der Waals surface area contributed by atoms with Gasteiger partial charge in [-0.05, 0) is 51.0 Å². The Bertz CT molecular complexity index is 913. The number of ether oxygens (including phenoxy) is 3. The molecule has 2 aliphatic rings. The molecule has 0 saturated carbocycles. The predicted molar refractivity (Wildman–Crippen MR) is 110 cm³/mol. The van der Waals surface area contributed by atoms with Crippen LogP contribution in [0.25, 0.3) is 0 Å². The van der Waals surface area contributed by atoms with Crippen LogP contribution in [0.2, 0.25) is 0 Å². The molecule has 2 aromatic rings. The first kappa shape index (κ1) is 20.3. The van der Waals surface area contributed by atoms with E-state index in [-0.39, 0.29) is 24.6 Å². The molecular weight excluding hydrogens is 386 g/mol. The van der Waals surface area contributed by atoms with Crippen LogP contribution in [-0.2, 0) is 4.74 Å². The fourth-order valence-electron chi connectivity index (χ4n) is 3.91. The van der Waals surface area contributed by atoms with Gasteiger partial charge in [-0.15, -0.1) is 0 Å². The summed E-state index contributed by atoms with van der Waals surface area (Å²) in [6, 6.07) is 7.04. The molecule has 8 nitrogen and oxygen atoms in total. The summed E-state index contributed by atoms with van der Waals surface area (Å²) in [5, 5.41) is 13.7. The predicted octanol–water partition coefficient (Wildman–Crippen LogP) is 3.20. The Labute approximate surface area is 175 Å². The fourth-order valence-corrected chi connectivity index (χ4v) is 3.91. The van der Waals surface area contributed by atoms with Crippen LogP contribution in [0.3, 0.4) is 0 Å². The summed E-state index contributed by atoms with van der Waals surface area (Å²) < 4.78 is 16.3. The number of carbonyl (C=O) groups is 1. The quantitative estimate of drug-likeness (QED) is 0.795. The first-order valence-corrected chi connectivity index (χ1v) is 10.1. The van der Waals surface area contributed by atoms with Crippen molar-refractivity contribution >= 4 is 6.09 Å². The minimum Gasteiger partial charge on any atom is -0.507 e. The van der Waals surface area contributed by atoms with Gasteiger partial charge in [-0.25, -0.2) is 4.79 Å². The summed E-state index contributed by atoms with van der Waals surface area (Å²) in [6.07, 6.45) is 3.84. The monoisotopic (exact) mass is 413 g/mol. The standard InChI is InChI=1S/C22H27N3O5/c1-22(2,3)30-21(27)24-15-6-9-25(12-15)20(14-4-7-23-8-5-14)16-10-18-19(11-17(16)26)29-13-28-18/h4-5,7-8,10-11,15,20,26H,6,9,12-13H2,1-3H3,(H,24,27)/t15-,20?/m1/s1. The van der Waals surface area contributed by atoms with Gasteiger partial charge in [0, 0.05) is 43.2 Å². The summed E-state index contributed by atoms with van der Waals surface area (Å²) >= 11 is 0. The van der Waals surface area contributed by atoms with Crippen molar-refractivity contribution < 1.29 is 24.1 Å². The summed E-state index contributed by atoms with van der Waals surface area (Å²) in [5.41, 5.74) is 1.18. The van der Waals surface area contributed by atoms with Crippen LogP contribution >= 0.6 is 0 Å². The van der Waals surface area contributed by atoms with Gasteiger partial charge in [0.25, 0.3) is 0 Å². The van der Waals surface area contributed by atoms with Gasteiger partial charge in [0.15, 0.2) is 11.5 Å². The molecule has 2 N–H and O–H groups in total. The molecule has 160 valence electrons. The largest absolute Gasteiger partial charge is 0.507 e. The number of pyridine rings is 1. The average molecular weight is 413 g/mol. The highest BCUT2D eigenvalue weighted by atomic mass is 16.7. The molecule has 1 fully saturated rings. The lowest BCUT2D eigenvalue weighted by atomic mass is 9.96. The minimum absolute atomic E-state index is 0.0414. The van der Waals surface area contributed by atoms with Crippen molar-refractivity contribution in [2.45, 2.75) is 44.9 Å². The van der Waals surface area contributed by atoms with E-state index in [0.29, 0.717) is 18.0 Å². The number of carbonyl (C=O) groups excluding carboxylic acids is 1. The van der Waals surface area contributed by atoms with Crippen molar-refractivity contribution in [3.8, 4) is 17.2 Å². The molecule has 8 heteroatoms. The maximum absolute atomic E-state index is 12.2. The Morgan fingerprint density at radius 2 is 1.97 bits per heavy atom. The van der Waals surface area contributed by atoms with E-state index in [2.05, 4.69) is 15.2 Å². The van der Waals surface area contributed by atoms with E-state index in [9.17, 15) is 9.90 Å². The van der Waals surface area contributed by atoms with Crippen molar-refractivity contribution in [3.63, 3.8) is 0 Å². The summed E-state index contributed by atoms with van der Waals surface area (Å²) in [7, 11) is 0. The topological polar surface area (TPSA) is 93.2 Å². The van der Waals surface area contributed by atoms with Gasteiger partial charge in [0.05, 0.1) is 6.04 Å². The second-order valence-corrected chi connectivity index (χ2v) is 8.57. The van der Waals surface area contributed by atoms with Crippen LogP contribution < -0.4 is 14.8 Å². The molecule has 0 spiro atoms. The number of aromatic hydroxyl groups is 1. The maximum Gasteiger partial charge on any atom is 0.407 e. The summed E-state index contributed by atoms with van der Waals surface area (Å²) in [6.45, 7) is 7.05. The Kier molecular flexibility index (Phi) is 5.42. The van der Waals surface area contributed by atoms with Gasteiger partial charge in [0.2, 0.25) is 6.79 Å². The number of hydrogen-bond acceptors (Lipinski definition) is 7. The smallest absolute Gasteiger partial charge is 0.407 e. The van der Waals surface area contributed by atoms with Crippen LogP contribution in [0.15, 0.2) is 36.7 Å². The lowest BCUT2D eigenvalue weighted by molar-refractivity contribution is 0.0505. The Morgan fingerprint density at radius 3 is 2.67 bits per heavy atom. The van der Waals surface area contributed by atoms with Crippen molar-refractivity contribution in [2.24, 2.45) is 0 Å².